The molecule has 1 atom stereocenters. The maximum absolute atomic E-state index is 5.52. The summed E-state index contributed by atoms with van der Waals surface area (Å²) in [7, 11) is 1.86. The van der Waals surface area contributed by atoms with Gasteiger partial charge in [0.1, 0.15) is 0 Å². The van der Waals surface area contributed by atoms with E-state index in [9.17, 15) is 0 Å². The van der Waals surface area contributed by atoms with Crippen LogP contribution in [0.4, 0.5) is 0 Å². The van der Waals surface area contributed by atoms with E-state index in [2.05, 4.69) is 33.7 Å². The fourth-order valence-electron chi connectivity index (χ4n) is 3.80. The Morgan fingerprint density at radius 3 is 2.75 bits per heavy atom. The number of ether oxygens (including phenoxy) is 1. The third-order valence-corrected chi connectivity index (χ3v) is 6.97. The average molecular weight is 357 g/mol. The van der Waals surface area contributed by atoms with Gasteiger partial charge in [-0.3, -0.25) is 9.89 Å². The maximum atomic E-state index is 5.52. The second-order valence-electron chi connectivity index (χ2n) is 6.95. The molecule has 2 rings (SSSR count). The summed E-state index contributed by atoms with van der Waals surface area (Å²) in [5.41, 5.74) is 0. The molecule has 2 fully saturated rings. The Bertz CT molecular complexity index is 385. The minimum Gasteiger partial charge on any atom is -0.381 e. The van der Waals surface area contributed by atoms with Crippen LogP contribution in [0.1, 0.15) is 45.4 Å². The highest BCUT2D eigenvalue weighted by atomic mass is 32.2. The number of nitrogens with one attached hydrogen (secondary N) is 2. The number of hydrogen-bond donors (Lipinski definition) is 2. The fourth-order valence-corrected chi connectivity index (χ4v) is 4.59. The van der Waals surface area contributed by atoms with Crippen molar-refractivity contribution < 1.29 is 4.74 Å². The van der Waals surface area contributed by atoms with E-state index in [1.54, 1.807) is 0 Å². The van der Waals surface area contributed by atoms with E-state index in [1.165, 1.54) is 32.2 Å². The summed E-state index contributed by atoms with van der Waals surface area (Å²) in [6.07, 6.45) is 9.82. The van der Waals surface area contributed by atoms with Crippen molar-refractivity contribution in [2.24, 2.45) is 4.99 Å². The van der Waals surface area contributed by atoms with Gasteiger partial charge >= 0.3 is 0 Å². The quantitative estimate of drug-likeness (QED) is 0.542. The zero-order valence-corrected chi connectivity index (χ0v) is 16.6. The molecule has 0 aromatic heterocycles. The molecule has 6 heteroatoms. The molecule has 5 nitrogen and oxygen atoms in total. The Labute approximate surface area is 152 Å². The molecule has 2 aliphatic heterocycles. The molecule has 0 aromatic carbocycles. The van der Waals surface area contributed by atoms with Crippen molar-refractivity contribution in [1.29, 1.82) is 0 Å². The van der Waals surface area contributed by atoms with Gasteiger partial charge < -0.3 is 15.4 Å². The minimum atomic E-state index is 0.288. The van der Waals surface area contributed by atoms with Crippen molar-refractivity contribution >= 4 is 17.7 Å². The molecule has 2 aliphatic rings. The van der Waals surface area contributed by atoms with Crippen LogP contribution in [0.2, 0.25) is 0 Å². The lowest BCUT2D eigenvalue weighted by molar-refractivity contribution is 0.0782. The largest absolute Gasteiger partial charge is 0.381 e. The first-order chi connectivity index (χ1) is 11.7. The summed E-state index contributed by atoms with van der Waals surface area (Å²) in [4.78, 5) is 7.04. The Kier molecular flexibility index (Phi) is 8.70. The highest BCUT2D eigenvalue weighted by Gasteiger charge is 2.31. The van der Waals surface area contributed by atoms with Crippen molar-refractivity contribution in [2.45, 2.75) is 56.2 Å². The molecule has 0 spiro atoms. The number of hydrogen-bond acceptors (Lipinski definition) is 4. The van der Waals surface area contributed by atoms with E-state index in [0.29, 0.717) is 0 Å². The standard InChI is InChI=1S/C18H36N4OS/c1-4-16-7-5-6-11-22(16)12-10-20-17(19-2)21-15-18(24-3)8-13-23-14-9-18/h16H,4-15H2,1-3H3,(H2,19,20,21). The lowest BCUT2D eigenvalue weighted by Crippen LogP contribution is -2.49. The van der Waals surface area contributed by atoms with Gasteiger partial charge in [-0.25, -0.2) is 0 Å². The Morgan fingerprint density at radius 2 is 2.08 bits per heavy atom. The molecule has 140 valence electrons. The van der Waals surface area contributed by atoms with Crippen molar-refractivity contribution in [3.05, 3.63) is 0 Å². The first kappa shape index (κ1) is 19.9. The third kappa shape index (κ3) is 5.81. The van der Waals surface area contributed by atoms with Gasteiger partial charge in [0.25, 0.3) is 0 Å². The van der Waals surface area contributed by atoms with Crippen LogP contribution in [0.25, 0.3) is 0 Å². The van der Waals surface area contributed by atoms with Crippen LogP contribution >= 0.6 is 11.8 Å². The SMILES string of the molecule is CCC1CCCCN1CCNC(=NC)NCC1(SC)CCOCC1. The van der Waals surface area contributed by atoms with E-state index in [1.807, 2.05) is 18.8 Å². The van der Waals surface area contributed by atoms with Crippen molar-refractivity contribution in [3.63, 3.8) is 0 Å². The summed E-state index contributed by atoms with van der Waals surface area (Å²) < 4.78 is 5.81. The van der Waals surface area contributed by atoms with Crippen molar-refractivity contribution in [3.8, 4) is 0 Å². The smallest absolute Gasteiger partial charge is 0.191 e. The normalized spacial score (nSPS) is 25.5. The van der Waals surface area contributed by atoms with Crippen LogP contribution in [-0.4, -0.2) is 74.3 Å². The second-order valence-corrected chi connectivity index (χ2v) is 8.22. The molecule has 2 N–H and O–H groups in total. The number of aliphatic imine (C=N–C) groups is 1. The lowest BCUT2D eigenvalue weighted by Gasteiger charge is -2.36. The topological polar surface area (TPSA) is 48.9 Å². The summed E-state index contributed by atoms with van der Waals surface area (Å²) >= 11 is 1.96. The summed E-state index contributed by atoms with van der Waals surface area (Å²) in [6.45, 7) is 8.35. The Hall–Kier alpha value is -0.460. The predicted octanol–water partition coefficient (Wildman–Crippen LogP) is 2.33. The molecular weight excluding hydrogens is 320 g/mol. The minimum absolute atomic E-state index is 0.288. The van der Waals surface area contributed by atoms with Gasteiger partial charge in [0.15, 0.2) is 5.96 Å². The monoisotopic (exact) mass is 356 g/mol. The van der Waals surface area contributed by atoms with E-state index in [-0.39, 0.29) is 4.75 Å². The van der Waals surface area contributed by atoms with Crippen LogP contribution < -0.4 is 10.6 Å². The lowest BCUT2D eigenvalue weighted by atomic mass is 9.99. The molecule has 0 aliphatic carbocycles. The van der Waals surface area contributed by atoms with E-state index >= 15 is 0 Å². The van der Waals surface area contributed by atoms with Gasteiger partial charge in [-0.2, -0.15) is 11.8 Å². The van der Waals surface area contributed by atoms with Crippen LogP contribution in [-0.2, 0) is 4.74 Å². The van der Waals surface area contributed by atoms with E-state index < -0.39 is 0 Å². The summed E-state index contributed by atoms with van der Waals surface area (Å²) in [5, 5.41) is 7.04. The maximum Gasteiger partial charge on any atom is 0.191 e. The first-order valence-electron chi connectivity index (χ1n) is 9.54. The fraction of sp³-hybridized carbons (Fsp3) is 0.944. The van der Waals surface area contributed by atoms with Gasteiger partial charge in [-0.15, -0.1) is 0 Å². The van der Waals surface area contributed by atoms with Crippen LogP contribution in [0.3, 0.4) is 0 Å². The number of likely N-dealkylation sites (tertiary alicyclic amines) is 1. The van der Waals surface area contributed by atoms with E-state index in [4.69, 9.17) is 4.74 Å². The average Bonchev–Trinajstić information content (AvgIpc) is 2.65. The number of guanidine groups is 1. The van der Waals surface area contributed by atoms with Crippen LogP contribution in [0.5, 0.6) is 0 Å². The van der Waals surface area contributed by atoms with Crippen molar-refractivity contribution in [2.75, 3.05) is 52.7 Å². The molecule has 0 radical (unpaired) electrons. The molecule has 2 heterocycles. The Balaban J connectivity index is 1.72. The molecule has 1 unspecified atom stereocenters. The summed E-state index contributed by atoms with van der Waals surface area (Å²) in [6, 6.07) is 0.775. The number of thioether (sulfide) groups is 1. The van der Waals surface area contributed by atoms with Gasteiger partial charge in [0.05, 0.1) is 0 Å². The second kappa shape index (κ2) is 10.5. The summed E-state index contributed by atoms with van der Waals surface area (Å²) in [5.74, 6) is 0.931. The van der Waals surface area contributed by atoms with E-state index in [0.717, 1.165) is 57.7 Å². The molecular formula is C18H36N4OS. The zero-order valence-electron chi connectivity index (χ0n) is 15.8. The zero-order chi connectivity index (χ0) is 17.3. The molecule has 0 amide bonds. The number of piperidine rings is 1. The molecule has 2 saturated heterocycles. The van der Waals surface area contributed by atoms with Crippen LogP contribution in [0, 0.1) is 0 Å². The number of rotatable bonds is 7. The highest BCUT2D eigenvalue weighted by molar-refractivity contribution is 8.00. The molecule has 0 bridgehead atoms. The molecule has 0 saturated carbocycles. The van der Waals surface area contributed by atoms with Gasteiger partial charge in [-0.05, 0) is 44.9 Å². The van der Waals surface area contributed by atoms with Gasteiger partial charge in [0.2, 0.25) is 0 Å². The first-order valence-corrected chi connectivity index (χ1v) is 10.8. The molecule has 0 aromatic rings. The number of nitrogens with zero attached hydrogens (tertiary/aromatic N) is 2. The predicted molar refractivity (Wildman–Crippen MR) is 105 cm³/mol. The van der Waals surface area contributed by atoms with Crippen LogP contribution in [0.15, 0.2) is 4.99 Å². The molecule has 24 heavy (non-hydrogen) atoms. The third-order valence-electron chi connectivity index (χ3n) is 5.55. The van der Waals surface area contributed by atoms with Gasteiger partial charge in [-0.1, -0.05) is 13.3 Å². The Morgan fingerprint density at radius 1 is 1.29 bits per heavy atom. The van der Waals surface area contributed by atoms with Gasteiger partial charge in [0, 0.05) is 50.7 Å². The highest BCUT2D eigenvalue weighted by Crippen LogP contribution is 2.32. The van der Waals surface area contributed by atoms with Crippen molar-refractivity contribution in [1.82, 2.24) is 15.5 Å².